The third-order valence-electron chi connectivity index (χ3n) is 3.59. The number of anilines is 1. The Morgan fingerprint density at radius 3 is 2.41 bits per heavy atom. The van der Waals surface area contributed by atoms with Crippen LogP contribution in [-0.2, 0) is 6.54 Å². The summed E-state index contributed by atoms with van der Waals surface area (Å²) in [5.41, 5.74) is 2.73. The van der Waals surface area contributed by atoms with Crippen LogP contribution in [0.1, 0.15) is 29.8 Å². The third kappa shape index (κ3) is 4.81. The van der Waals surface area contributed by atoms with Crippen molar-refractivity contribution in [1.82, 2.24) is 4.90 Å². The number of amides is 1. The van der Waals surface area contributed by atoms with E-state index in [1.807, 2.05) is 42.5 Å². The van der Waals surface area contributed by atoms with Crippen molar-refractivity contribution in [2.45, 2.75) is 20.4 Å². The van der Waals surface area contributed by atoms with Gasteiger partial charge in [-0.25, -0.2) is 0 Å². The van der Waals surface area contributed by atoms with Gasteiger partial charge in [-0.1, -0.05) is 26.0 Å². The van der Waals surface area contributed by atoms with Gasteiger partial charge in [-0.3, -0.25) is 9.69 Å². The van der Waals surface area contributed by atoms with E-state index in [0.29, 0.717) is 5.56 Å². The van der Waals surface area contributed by atoms with Crippen molar-refractivity contribution in [3.05, 3.63) is 63.2 Å². The second-order valence-corrected chi connectivity index (χ2v) is 6.37. The predicted molar refractivity (Wildman–Crippen MR) is 100 cm³/mol. The lowest BCUT2D eigenvalue weighted by atomic mass is 10.1. The fourth-order valence-corrected chi connectivity index (χ4v) is 2.62. The topological polar surface area (TPSA) is 32.3 Å². The summed E-state index contributed by atoms with van der Waals surface area (Å²) in [7, 11) is 0. The van der Waals surface area contributed by atoms with Gasteiger partial charge in [0.25, 0.3) is 5.91 Å². The van der Waals surface area contributed by atoms with E-state index in [-0.39, 0.29) is 5.91 Å². The molecule has 0 saturated heterocycles. The van der Waals surface area contributed by atoms with Gasteiger partial charge in [0, 0.05) is 21.4 Å². The molecular formula is C18H21IN2O. The Balaban J connectivity index is 2.06. The van der Waals surface area contributed by atoms with Crippen molar-refractivity contribution >= 4 is 34.2 Å². The number of hydrogen-bond acceptors (Lipinski definition) is 2. The molecule has 4 heteroatoms. The van der Waals surface area contributed by atoms with E-state index in [9.17, 15) is 4.79 Å². The summed E-state index contributed by atoms with van der Waals surface area (Å²) in [5, 5.41) is 2.97. The SMILES string of the molecule is CCN(CC)Cc1cccc(NC(=O)c2ccc(I)cc2)c1. The Kier molecular flexibility index (Phi) is 6.39. The molecule has 1 amide bonds. The van der Waals surface area contributed by atoms with Gasteiger partial charge in [0.1, 0.15) is 0 Å². The Bertz CT molecular complexity index is 621. The first-order chi connectivity index (χ1) is 10.6. The highest BCUT2D eigenvalue weighted by Gasteiger charge is 2.07. The number of rotatable bonds is 6. The molecule has 0 aliphatic rings. The Labute approximate surface area is 145 Å². The zero-order valence-corrected chi connectivity index (χ0v) is 15.1. The first-order valence-corrected chi connectivity index (χ1v) is 8.58. The lowest BCUT2D eigenvalue weighted by molar-refractivity contribution is 0.102. The van der Waals surface area contributed by atoms with Crippen LogP contribution in [0, 0.1) is 3.57 Å². The van der Waals surface area contributed by atoms with Crippen LogP contribution in [0.4, 0.5) is 5.69 Å². The molecule has 0 heterocycles. The van der Waals surface area contributed by atoms with Crippen molar-refractivity contribution in [2.75, 3.05) is 18.4 Å². The predicted octanol–water partition coefficient (Wildman–Crippen LogP) is 4.39. The minimum absolute atomic E-state index is 0.0728. The molecule has 116 valence electrons. The molecule has 0 spiro atoms. The summed E-state index contributed by atoms with van der Waals surface area (Å²) >= 11 is 2.23. The molecule has 0 saturated carbocycles. The number of nitrogens with zero attached hydrogens (tertiary/aromatic N) is 1. The maximum Gasteiger partial charge on any atom is 0.255 e. The van der Waals surface area contributed by atoms with E-state index >= 15 is 0 Å². The highest BCUT2D eigenvalue weighted by atomic mass is 127. The fourth-order valence-electron chi connectivity index (χ4n) is 2.26. The smallest absolute Gasteiger partial charge is 0.255 e. The summed E-state index contributed by atoms with van der Waals surface area (Å²) in [6.07, 6.45) is 0. The molecular weight excluding hydrogens is 387 g/mol. The minimum atomic E-state index is -0.0728. The second-order valence-electron chi connectivity index (χ2n) is 5.12. The number of carbonyl (C=O) groups is 1. The van der Waals surface area contributed by atoms with Gasteiger partial charge in [0.2, 0.25) is 0 Å². The molecule has 0 bridgehead atoms. The molecule has 3 nitrogen and oxygen atoms in total. The van der Waals surface area contributed by atoms with Gasteiger partial charge in [0.05, 0.1) is 0 Å². The third-order valence-corrected chi connectivity index (χ3v) is 4.31. The van der Waals surface area contributed by atoms with Crippen molar-refractivity contribution in [2.24, 2.45) is 0 Å². The normalized spacial score (nSPS) is 10.7. The molecule has 2 aromatic carbocycles. The van der Waals surface area contributed by atoms with Gasteiger partial charge in [-0.15, -0.1) is 0 Å². The van der Waals surface area contributed by atoms with Crippen LogP contribution in [-0.4, -0.2) is 23.9 Å². The number of benzene rings is 2. The second kappa shape index (κ2) is 8.29. The van der Waals surface area contributed by atoms with E-state index in [2.05, 4.69) is 52.7 Å². The largest absolute Gasteiger partial charge is 0.322 e. The minimum Gasteiger partial charge on any atom is -0.322 e. The molecule has 2 aromatic rings. The van der Waals surface area contributed by atoms with Crippen LogP contribution in [0.3, 0.4) is 0 Å². The molecule has 0 aliphatic carbocycles. The molecule has 0 fully saturated rings. The molecule has 0 radical (unpaired) electrons. The summed E-state index contributed by atoms with van der Waals surface area (Å²) < 4.78 is 1.12. The van der Waals surface area contributed by atoms with Crippen molar-refractivity contribution < 1.29 is 4.79 Å². The molecule has 1 N–H and O–H groups in total. The summed E-state index contributed by atoms with van der Waals surface area (Å²) in [5.74, 6) is -0.0728. The molecule has 0 aliphatic heterocycles. The zero-order chi connectivity index (χ0) is 15.9. The van der Waals surface area contributed by atoms with Gasteiger partial charge in [-0.05, 0) is 77.6 Å². The quantitative estimate of drug-likeness (QED) is 0.720. The number of halogens is 1. The highest BCUT2D eigenvalue weighted by Crippen LogP contribution is 2.15. The number of carbonyl (C=O) groups excluding carboxylic acids is 1. The molecule has 22 heavy (non-hydrogen) atoms. The first kappa shape index (κ1) is 17.0. The van der Waals surface area contributed by atoms with Crippen molar-refractivity contribution in [1.29, 1.82) is 0 Å². The Hall–Kier alpha value is -1.40. The van der Waals surface area contributed by atoms with Crippen LogP contribution in [0.15, 0.2) is 48.5 Å². The van der Waals surface area contributed by atoms with E-state index in [1.54, 1.807) is 0 Å². The Morgan fingerprint density at radius 2 is 1.77 bits per heavy atom. The Morgan fingerprint density at radius 1 is 1.09 bits per heavy atom. The zero-order valence-electron chi connectivity index (χ0n) is 13.0. The average molecular weight is 408 g/mol. The first-order valence-electron chi connectivity index (χ1n) is 7.50. The summed E-state index contributed by atoms with van der Waals surface area (Å²) in [4.78, 5) is 14.6. The highest BCUT2D eigenvalue weighted by molar-refractivity contribution is 14.1. The summed E-state index contributed by atoms with van der Waals surface area (Å²) in [6.45, 7) is 7.27. The lowest BCUT2D eigenvalue weighted by Crippen LogP contribution is -2.22. The van der Waals surface area contributed by atoms with Crippen LogP contribution >= 0.6 is 22.6 Å². The van der Waals surface area contributed by atoms with Crippen molar-refractivity contribution in [3.8, 4) is 0 Å². The molecule has 0 unspecified atom stereocenters. The summed E-state index contributed by atoms with van der Waals surface area (Å²) in [6, 6.07) is 15.6. The number of hydrogen-bond donors (Lipinski definition) is 1. The van der Waals surface area contributed by atoms with Gasteiger partial charge in [0.15, 0.2) is 0 Å². The maximum atomic E-state index is 12.2. The van der Waals surface area contributed by atoms with Crippen LogP contribution < -0.4 is 5.32 Å². The lowest BCUT2D eigenvalue weighted by Gasteiger charge is -2.18. The fraction of sp³-hybridized carbons (Fsp3) is 0.278. The van der Waals surface area contributed by atoms with Crippen LogP contribution in [0.5, 0.6) is 0 Å². The standard InChI is InChI=1S/C18H21IN2O/c1-3-21(4-2)13-14-6-5-7-17(12-14)20-18(22)15-8-10-16(19)11-9-15/h5-12H,3-4,13H2,1-2H3,(H,20,22). The molecule has 0 atom stereocenters. The molecule has 2 rings (SSSR count). The van der Waals surface area contributed by atoms with Gasteiger partial charge < -0.3 is 5.32 Å². The van der Waals surface area contributed by atoms with Crippen molar-refractivity contribution in [3.63, 3.8) is 0 Å². The monoisotopic (exact) mass is 408 g/mol. The van der Waals surface area contributed by atoms with E-state index in [1.165, 1.54) is 5.56 Å². The van der Waals surface area contributed by atoms with E-state index < -0.39 is 0 Å². The van der Waals surface area contributed by atoms with Crippen LogP contribution in [0.25, 0.3) is 0 Å². The van der Waals surface area contributed by atoms with E-state index in [0.717, 1.165) is 28.9 Å². The number of nitrogens with one attached hydrogen (secondary N) is 1. The maximum absolute atomic E-state index is 12.2. The average Bonchev–Trinajstić information content (AvgIpc) is 2.53. The van der Waals surface area contributed by atoms with Gasteiger partial charge in [-0.2, -0.15) is 0 Å². The van der Waals surface area contributed by atoms with E-state index in [4.69, 9.17) is 0 Å². The van der Waals surface area contributed by atoms with Crippen LogP contribution in [0.2, 0.25) is 0 Å². The van der Waals surface area contributed by atoms with Gasteiger partial charge >= 0.3 is 0 Å². The molecule has 0 aromatic heterocycles.